The first-order valence-corrected chi connectivity index (χ1v) is 10.3. The number of benzene rings is 2. The lowest BCUT2D eigenvalue weighted by molar-refractivity contribution is 0.297. The van der Waals surface area contributed by atoms with Gasteiger partial charge in [0, 0.05) is 24.3 Å². The molecule has 0 saturated heterocycles. The predicted molar refractivity (Wildman–Crippen MR) is 108 cm³/mol. The van der Waals surface area contributed by atoms with Crippen molar-refractivity contribution in [3.63, 3.8) is 0 Å². The fourth-order valence-corrected chi connectivity index (χ4v) is 4.22. The summed E-state index contributed by atoms with van der Waals surface area (Å²) in [7, 11) is 0. The molecule has 4 rings (SSSR count). The van der Waals surface area contributed by atoms with Crippen LogP contribution in [-0.4, -0.2) is 28.0 Å². The monoisotopic (exact) mass is 401 g/mol. The van der Waals surface area contributed by atoms with Crippen LogP contribution in [0.1, 0.15) is 18.9 Å². The quantitative estimate of drug-likeness (QED) is 0.558. The summed E-state index contributed by atoms with van der Waals surface area (Å²) in [5.74, 6) is 2.98. The van der Waals surface area contributed by atoms with E-state index >= 15 is 0 Å². The summed E-state index contributed by atoms with van der Waals surface area (Å²) in [6, 6.07) is 14.1. The molecular formula is C20H20ClN3O2S. The van der Waals surface area contributed by atoms with Gasteiger partial charge in [-0.05, 0) is 24.6 Å². The summed E-state index contributed by atoms with van der Waals surface area (Å²) >= 11 is 8.04. The number of hydrogen-bond acceptors (Lipinski definition) is 5. The Bertz CT molecular complexity index is 930. The van der Waals surface area contributed by atoms with Crippen molar-refractivity contribution in [1.82, 2.24) is 14.8 Å². The Hall–Kier alpha value is -2.18. The van der Waals surface area contributed by atoms with Crippen LogP contribution in [0, 0.1) is 0 Å². The molecule has 1 aromatic heterocycles. The van der Waals surface area contributed by atoms with Crippen molar-refractivity contribution in [2.75, 3.05) is 13.2 Å². The molecule has 0 unspecified atom stereocenters. The second kappa shape index (κ2) is 8.23. The maximum atomic E-state index is 6.40. The molecule has 1 aliphatic rings. The van der Waals surface area contributed by atoms with Gasteiger partial charge in [-0.15, -0.1) is 10.2 Å². The lowest BCUT2D eigenvalue weighted by Gasteiger charge is -2.12. The fraction of sp³-hybridized carbons (Fsp3) is 0.300. The van der Waals surface area contributed by atoms with E-state index in [-0.39, 0.29) is 0 Å². The van der Waals surface area contributed by atoms with Crippen molar-refractivity contribution in [1.29, 1.82) is 0 Å². The van der Waals surface area contributed by atoms with Crippen molar-refractivity contribution in [3.05, 3.63) is 53.1 Å². The topological polar surface area (TPSA) is 49.2 Å². The molecule has 0 N–H and O–H groups in total. The van der Waals surface area contributed by atoms with E-state index in [2.05, 4.69) is 21.7 Å². The minimum absolute atomic E-state index is 0.590. The predicted octanol–water partition coefficient (Wildman–Crippen LogP) is 5.07. The zero-order valence-corrected chi connectivity index (χ0v) is 16.6. The van der Waals surface area contributed by atoms with E-state index in [4.69, 9.17) is 21.1 Å². The molecule has 2 heterocycles. The SMILES string of the molecule is CCn1c(SCc2cc(Cl)c3c(c2)OCCCO3)nnc1-c1ccccc1. The Labute approximate surface area is 167 Å². The van der Waals surface area contributed by atoms with Gasteiger partial charge in [0.2, 0.25) is 0 Å². The summed E-state index contributed by atoms with van der Waals surface area (Å²) in [4.78, 5) is 0. The zero-order valence-electron chi connectivity index (χ0n) is 15.0. The summed E-state index contributed by atoms with van der Waals surface area (Å²) in [6.07, 6.45) is 0.858. The van der Waals surface area contributed by atoms with Crippen molar-refractivity contribution < 1.29 is 9.47 Å². The van der Waals surface area contributed by atoms with E-state index < -0.39 is 0 Å². The van der Waals surface area contributed by atoms with Crippen molar-refractivity contribution in [3.8, 4) is 22.9 Å². The van der Waals surface area contributed by atoms with E-state index in [0.717, 1.165) is 46.6 Å². The van der Waals surface area contributed by atoms with E-state index in [1.807, 2.05) is 42.5 Å². The van der Waals surface area contributed by atoms with E-state index in [0.29, 0.717) is 24.0 Å². The second-order valence-electron chi connectivity index (χ2n) is 6.16. The minimum atomic E-state index is 0.590. The van der Waals surface area contributed by atoms with Crippen LogP contribution in [0.2, 0.25) is 5.02 Å². The first-order chi connectivity index (χ1) is 13.3. The number of nitrogens with zero attached hydrogens (tertiary/aromatic N) is 3. The number of aromatic nitrogens is 3. The third kappa shape index (κ3) is 3.92. The van der Waals surface area contributed by atoms with Gasteiger partial charge in [0.1, 0.15) is 0 Å². The van der Waals surface area contributed by atoms with Gasteiger partial charge >= 0.3 is 0 Å². The fourth-order valence-electron chi connectivity index (χ4n) is 3.00. The highest BCUT2D eigenvalue weighted by molar-refractivity contribution is 7.98. The molecule has 2 aromatic carbocycles. The van der Waals surface area contributed by atoms with E-state index in [9.17, 15) is 0 Å². The Morgan fingerprint density at radius 1 is 1.11 bits per heavy atom. The van der Waals surface area contributed by atoms with Gasteiger partial charge in [0.25, 0.3) is 0 Å². The van der Waals surface area contributed by atoms with Crippen LogP contribution in [0.5, 0.6) is 11.5 Å². The van der Waals surface area contributed by atoms with Gasteiger partial charge < -0.3 is 14.0 Å². The lowest BCUT2D eigenvalue weighted by Crippen LogP contribution is -2.00. The molecule has 27 heavy (non-hydrogen) atoms. The summed E-state index contributed by atoms with van der Waals surface area (Å²) < 4.78 is 13.6. The number of ether oxygens (including phenoxy) is 2. The normalized spacial score (nSPS) is 13.4. The molecule has 1 aliphatic heterocycles. The number of rotatable bonds is 5. The highest BCUT2D eigenvalue weighted by Gasteiger charge is 2.17. The Kier molecular flexibility index (Phi) is 5.55. The standard InChI is InChI=1S/C20H20ClN3O2S/c1-2-24-19(15-7-4-3-5-8-15)22-23-20(24)27-13-14-11-16(21)18-17(12-14)25-9-6-10-26-18/h3-5,7-8,11-12H,2,6,9-10,13H2,1H3. The van der Waals surface area contributed by atoms with Gasteiger partial charge in [0.05, 0.1) is 18.2 Å². The second-order valence-corrected chi connectivity index (χ2v) is 7.51. The highest BCUT2D eigenvalue weighted by atomic mass is 35.5. The van der Waals surface area contributed by atoms with Gasteiger partial charge in [-0.25, -0.2) is 0 Å². The highest BCUT2D eigenvalue weighted by Crippen LogP contribution is 2.39. The van der Waals surface area contributed by atoms with Crippen LogP contribution in [-0.2, 0) is 12.3 Å². The van der Waals surface area contributed by atoms with Crippen LogP contribution in [0.3, 0.4) is 0 Å². The third-order valence-corrected chi connectivity index (χ3v) is 5.61. The number of thioether (sulfide) groups is 1. The molecule has 0 atom stereocenters. The average Bonchev–Trinajstić information content (AvgIpc) is 2.95. The summed E-state index contributed by atoms with van der Waals surface area (Å²) in [5.41, 5.74) is 2.14. The molecule has 0 bridgehead atoms. The molecule has 140 valence electrons. The maximum Gasteiger partial charge on any atom is 0.191 e. The number of hydrogen-bond donors (Lipinski definition) is 0. The lowest BCUT2D eigenvalue weighted by atomic mass is 10.2. The first-order valence-electron chi connectivity index (χ1n) is 8.95. The number of halogens is 1. The Morgan fingerprint density at radius 2 is 1.93 bits per heavy atom. The van der Waals surface area contributed by atoms with Gasteiger partial charge in [-0.2, -0.15) is 0 Å². The maximum absolute atomic E-state index is 6.40. The van der Waals surface area contributed by atoms with Crippen LogP contribution in [0.4, 0.5) is 0 Å². The molecule has 0 spiro atoms. The zero-order chi connectivity index (χ0) is 18.6. The molecule has 0 amide bonds. The molecule has 0 saturated carbocycles. The van der Waals surface area contributed by atoms with Crippen LogP contribution in [0.15, 0.2) is 47.6 Å². The number of fused-ring (bicyclic) bond motifs is 1. The smallest absolute Gasteiger partial charge is 0.191 e. The van der Waals surface area contributed by atoms with Crippen molar-refractivity contribution >= 4 is 23.4 Å². The molecule has 0 fully saturated rings. The summed E-state index contributed by atoms with van der Waals surface area (Å²) in [6.45, 7) is 4.18. The van der Waals surface area contributed by atoms with Crippen LogP contribution in [0.25, 0.3) is 11.4 Å². The minimum Gasteiger partial charge on any atom is -0.489 e. The van der Waals surface area contributed by atoms with Gasteiger partial charge in [-0.1, -0.05) is 53.7 Å². The van der Waals surface area contributed by atoms with Gasteiger partial charge in [0.15, 0.2) is 22.5 Å². The molecule has 5 nitrogen and oxygen atoms in total. The van der Waals surface area contributed by atoms with Crippen LogP contribution >= 0.6 is 23.4 Å². The molecule has 3 aromatic rings. The molecule has 0 radical (unpaired) electrons. The molecular weight excluding hydrogens is 382 g/mol. The molecule has 0 aliphatic carbocycles. The average molecular weight is 402 g/mol. The Balaban J connectivity index is 1.55. The van der Waals surface area contributed by atoms with E-state index in [1.165, 1.54) is 0 Å². The van der Waals surface area contributed by atoms with Crippen LogP contribution < -0.4 is 9.47 Å². The molecule has 7 heteroatoms. The van der Waals surface area contributed by atoms with Crippen molar-refractivity contribution in [2.24, 2.45) is 0 Å². The largest absolute Gasteiger partial charge is 0.489 e. The third-order valence-electron chi connectivity index (χ3n) is 4.29. The van der Waals surface area contributed by atoms with Gasteiger partial charge in [-0.3, -0.25) is 0 Å². The summed E-state index contributed by atoms with van der Waals surface area (Å²) in [5, 5.41) is 10.3. The Morgan fingerprint density at radius 3 is 2.74 bits per heavy atom. The van der Waals surface area contributed by atoms with E-state index in [1.54, 1.807) is 11.8 Å². The first kappa shape index (κ1) is 18.2. The van der Waals surface area contributed by atoms with Crippen molar-refractivity contribution in [2.45, 2.75) is 30.8 Å².